The van der Waals surface area contributed by atoms with Crippen LogP contribution in [0, 0.1) is 15.9 Å². The van der Waals surface area contributed by atoms with Crippen molar-refractivity contribution in [3.63, 3.8) is 0 Å². The third-order valence-electron chi connectivity index (χ3n) is 2.66. The smallest absolute Gasteiger partial charge is 0.330 e. The number of rotatable bonds is 4. The largest absolute Gasteiger partial charge is 0.450 e. The molecule has 0 fully saturated rings. The zero-order valence-electron chi connectivity index (χ0n) is 11.1. The van der Waals surface area contributed by atoms with Crippen LogP contribution >= 0.6 is 11.6 Å². The lowest BCUT2D eigenvalue weighted by molar-refractivity contribution is -0.388. The predicted molar refractivity (Wildman–Crippen MR) is 77.7 cm³/mol. The van der Waals surface area contributed by atoms with Crippen molar-refractivity contribution in [3.8, 4) is 11.5 Å². The van der Waals surface area contributed by atoms with Crippen LogP contribution in [0.15, 0.2) is 41.3 Å². The lowest BCUT2D eigenvalue weighted by atomic mass is 10.3. The minimum Gasteiger partial charge on any atom is -0.450 e. The fourth-order valence-corrected chi connectivity index (χ4v) is 2.70. The van der Waals surface area contributed by atoms with Gasteiger partial charge in [0.2, 0.25) is 5.75 Å². The van der Waals surface area contributed by atoms with Crippen molar-refractivity contribution in [2.24, 2.45) is 0 Å². The predicted octanol–water partition coefficient (Wildman–Crippen LogP) is 3.58. The normalized spacial score (nSPS) is 11.2. The molecule has 0 aliphatic carbocycles. The molecule has 22 heavy (non-hydrogen) atoms. The second-order valence-corrected chi connectivity index (χ2v) is 6.70. The number of nitro groups is 1. The first-order chi connectivity index (χ1) is 10.2. The second-order valence-electron chi connectivity index (χ2n) is 4.31. The van der Waals surface area contributed by atoms with Crippen molar-refractivity contribution in [1.82, 2.24) is 0 Å². The van der Waals surface area contributed by atoms with Gasteiger partial charge in [0.15, 0.2) is 9.84 Å². The van der Waals surface area contributed by atoms with Crippen molar-refractivity contribution >= 4 is 27.1 Å². The lowest BCUT2D eigenvalue weighted by Gasteiger charge is -2.09. The molecule has 0 saturated carbocycles. The van der Waals surface area contributed by atoms with Crippen LogP contribution < -0.4 is 4.74 Å². The van der Waals surface area contributed by atoms with E-state index < -0.39 is 31.2 Å². The Morgan fingerprint density at radius 2 is 1.95 bits per heavy atom. The Bertz CT molecular complexity index is 854. The average Bonchev–Trinajstić information content (AvgIpc) is 2.41. The lowest BCUT2D eigenvalue weighted by Crippen LogP contribution is -2.04. The van der Waals surface area contributed by atoms with E-state index in [2.05, 4.69) is 0 Å². The van der Waals surface area contributed by atoms with E-state index >= 15 is 0 Å². The summed E-state index contributed by atoms with van der Waals surface area (Å²) in [4.78, 5) is 9.82. The molecule has 6 nitrogen and oxygen atoms in total. The third kappa shape index (κ3) is 3.34. The molecule has 0 amide bonds. The number of hydrogen-bond donors (Lipinski definition) is 0. The van der Waals surface area contributed by atoms with Gasteiger partial charge < -0.3 is 4.74 Å². The summed E-state index contributed by atoms with van der Waals surface area (Å²) >= 11 is 5.53. The van der Waals surface area contributed by atoms with Crippen LogP contribution in [-0.4, -0.2) is 19.6 Å². The maximum Gasteiger partial charge on any atom is 0.330 e. The van der Waals surface area contributed by atoms with Crippen LogP contribution in [0.25, 0.3) is 0 Å². The molecule has 0 saturated heterocycles. The van der Waals surface area contributed by atoms with E-state index in [1.807, 2.05) is 0 Å². The summed E-state index contributed by atoms with van der Waals surface area (Å²) < 4.78 is 41.9. The standard InChI is InChI=1S/C13H9ClFNO5S/c1-22(19,20)12-4-2-3-11(13(12)16(17)18)21-8-5-6-9(14)10(15)7-8/h2-7H,1H3. The summed E-state index contributed by atoms with van der Waals surface area (Å²) in [5.74, 6) is -1.12. The Morgan fingerprint density at radius 1 is 1.27 bits per heavy atom. The molecule has 0 radical (unpaired) electrons. The Labute approximate surface area is 130 Å². The topological polar surface area (TPSA) is 86.5 Å². The van der Waals surface area contributed by atoms with Crippen molar-refractivity contribution in [2.75, 3.05) is 6.26 Å². The summed E-state index contributed by atoms with van der Waals surface area (Å²) in [6.07, 6.45) is 0.848. The number of halogens is 2. The Hall–Kier alpha value is -2.19. The number of hydrogen-bond acceptors (Lipinski definition) is 5. The molecule has 0 aliphatic heterocycles. The molecule has 0 N–H and O–H groups in total. The highest BCUT2D eigenvalue weighted by Gasteiger charge is 2.27. The van der Waals surface area contributed by atoms with Gasteiger partial charge >= 0.3 is 5.69 Å². The summed E-state index contributed by atoms with van der Waals surface area (Å²) in [6, 6.07) is 7.09. The van der Waals surface area contributed by atoms with E-state index in [0.29, 0.717) is 0 Å². The van der Waals surface area contributed by atoms with Gasteiger partial charge in [0.05, 0.1) is 9.95 Å². The summed E-state index contributed by atoms with van der Waals surface area (Å²) in [7, 11) is -3.83. The first kappa shape index (κ1) is 16.2. The maximum absolute atomic E-state index is 13.4. The molecular weight excluding hydrogens is 337 g/mol. The van der Waals surface area contributed by atoms with Crippen molar-refractivity contribution < 1.29 is 22.5 Å². The van der Waals surface area contributed by atoms with Crippen LogP contribution in [0.4, 0.5) is 10.1 Å². The van der Waals surface area contributed by atoms with E-state index in [-0.39, 0.29) is 16.5 Å². The fourth-order valence-electron chi connectivity index (χ4n) is 1.73. The quantitative estimate of drug-likeness (QED) is 0.624. The number of ether oxygens (including phenoxy) is 1. The van der Waals surface area contributed by atoms with Crippen LogP contribution in [0.5, 0.6) is 11.5 Å². The van der Waals surface area contributed by atoms with Gasteiger partial charge in [-0.05, 0) is 24.3 Å². The number of nitrogens with zero attached hydrogens (tertiary/aromatic N) is 1. The maximum atomic E-state index is 13.4. The molecule has 0 heterocycles. The van der Waals surface area contributed by atoms with Gasteiger partial charge in [-0.1, -0.05) is 17.7 Å². The molecule has 0 unspecified atom stereocenters. The van der Waals surface area contributed by atoms with Crippen LogP contribution in [-0.2, 0) is 9.84 Å². The summed E-state index contributed by atoms with van der Waals surface area (Å²) in [5.41, 5.74) is -0.708. The van der Waals surface area contributed by atoms with E-state index in [9.17, 15) is 22.9 Å². The average molecular weight is 346 g/mol. The molecule has 116 valence electrons. The first-order valence-corrected chi connectivity index (χ1v) is 8.07. The van der Waals surface area contributed by atoms with Gasteiger partial charge in [-0.3, -0.25) is 10.1 Å². The summed E-state index contributed by atoms with van der Waals surface area (Å²) in [6.45, 7) is 0. The highest BCUT2D eigenvalue weighted by Crippen LogP contribution is 2.37. The molecule has 0 aromatic heterocycles. The van der Waals surface area contributed by atoms with Gasteiger partial charge in [-0.2, -0.15) is 0 Å². The minimum atomic E-state index is -3.83. The fraction of sp³-hybridized carbons (Fsp3) is 0.0769. The van der Waals surface area contributed by atoms with Crippen LogP contribution in [0.3, 0.4) is 0 Å². The van der Waals surface area contributed by atoms with Crippen molar-refractivity contribution in [2.45, 2.75) is 4.90 Å². The van der Waals surface area contributed by atoms with Gasteiger partial charge in [0.25, 0.3) is 0 Å². The molecule has 0 atom stereocenters. The zero-order chi connectivity index (χ0) is 16.5. The van der Waals surface area contributed by atoms with Crippen molar-refractivity contribution in [1.29, 1.82) is 0 Å². The Morgan fingerprint density at radius 3 is 2.50 bits per heavy atom. The van der Waals surface area contributed by atoms with Crippen molar-refractivity contribution in [3.05, 3.63) is 57.4 Å². The second kappa shape index (κ2) is 5.90. The van der Waals surface area contributed by atoms with Gasteiger partial charge in [-0.15, -0.1) is 0 Å². The number of para-hydroxylation sites is 1. The molecule has 0 spiro atoms. The molecule has 9 heteroatoms. The number of sulfone groups is 1. The number of benzene rings is 2. The minimum absolute atomic E-state index is 0.0457. The molecule has 2 aromatic carbocycles. The SMILES string of the molecule is CS(=O)(=O)c1cccc(Oc2ccc(Cl)c(F)c2)c1[N+](=O)[O-]. The number of nitro benzene ring substituents is 1. The molecule has 2 rings (SSSR count). The Balaban J connectivity index is 2.56. The van der Waals surface area contributed by atoms with Crippen LogP contribution in [0.1, 0.15) is 0 Å². The van der Waals surface area contributed by atoms with E-state index in [1.165, 1.54) is 24.3 Å². The van der Waals surface area contributed by atoms with E-state index in [0.717, 1.165) is 18.4 Å². The third-order valence-corrected chi connectivity index (χ3v) is 4.10. The molecule has 0 aliphatic rings. The van der Waals surface area contributed by atoms with Gasteiger partial charge in [0.1, 0.15) is 16.5 Å². The van der Waals surface area contributed by atoms with Gasteiger partial charge in [0, 0.05) is 12.3 Å². The van der Waals surface area contributed by atoms with Crippen LogP contribution in [0.2, 0.25) is 5.02 Å². The Kier molecular flexibility index (Phi) is 4.34. The molecule has 2 aromatic rings. The highest BCUT2D eigenvalue weighted by molar-refractivity contribution is 7.90. The molecule has 0 bridgehead atoms. The monoisotopic (exact) mass is 345 g/mol. The van der Waals surface area contributed by atoms with E-state index in [4.69, 9.17) is 16.3 Å². The highest BCUT2D eigenvalue weighted by atomic mass is 35.5. The van der Waals surface area contributed by atoms with Gasteiger partial charge in [-0.25, -0.2) is 12.8 Å². The first-order valence-electron chi connectivity index (χ1n) is 5.80. The molecular formula is C13H9ClFNO5S. The van der Waals surface area contributed by atoms with E-state index in [1.54, 1.807) is 0 Å². The summed E-state index contributed by atoms with van der Waals surface area (Å²) in [5, 5.41) is 11.0. The zero-order valence-corrected chi connectivity index (χ0v) is 12.7.